The molecule has 0 bridgehead atoms. The fraction of sp³-hybridized carbons (Fsp3) is 0.800. The van der Waals surface area contributed by atoms with Crippen LogP contribution in [-0.2, 0) is 4.43 Å². The summed E-state index contributed by atoms with van der Waals surface area (Å²) in [6, 6.07) is 3.74. The van der Waals surface area contributed by atoms with Crippen molar-refractivity contribution in [1.82, 2.24) is 0 Å². The van der Waals surface area contributed by atoms with Crippen LogP contribution >= 0.6 is 0 Å². The standard InChI is InChI=1S/C20H38OSi/c1-6-11-12-15-19-16-13-14-18-20(19,17-7-2)21-22(8-3,9-4)10-5/h6-7,19H,1-2,8-18H2,3-5H3/t19-,20-/m1/s1. The van der Waals surface area contributed by atoms with Gasteiger partial charge < -0.3 is 4.43 Å². The predicted octanol–water partition coefficient (Wildman–Crippen LogP) is 6.87. The molecule has 1 nitrogen and oxygen atoms in total. The van der Waals surface area contributed by atoms with E-state index in [1.54, 1.807) is 0 Å². The van der Waals surface area contributed by atoms with Crippen LogP contribution in [0.3, 0.4) is 0 Å². The van der Waals surface area contributed by atoms with E-state index in [0.717, 1.165) is 18.8 Å². The molecule has 0 aromatic rings. The van der Waals surface area contributed by atoms with Gasteiger partial charge in [0.2, 0.25) is 0 Å². The molecule has 0 N–H and O–H groups in total. The van der Waals surface area contributed by atoms with Crippen LogP contribution in [0.1, 0.15) is 72.1 Å². The van der Waals surface area contributed by atoms with E-state index in [1.807, 2.05) is 0 Å². The van der Waals surface area contributed by atoms with Crippen LogP contribution in [0.15, 0.2) is 25.3 Å². The van der Waals surface area contributed by atoms with Crippen molar-refractivity contribution in [3.05, 3.63) is 25.3 Å². The molecule has 0 aliphatic heterocycles. The summed E-state index contributed by atoms with van der Waals surface area (Å²) >= 11 is 0. The number of hydrogen-bond acceptors (Lipinski definition) is 1. The Labute approximate surface area is 140 Å². The van der Waals surface area contributed by atoms with Gasteiger partial charge in [-0.15, -0.1) is 13.2 Å². The van der Waals surface area contributed by atoms with Crippen LogP contribution in [0.25, 0.3) is 0 Å². The van der Waals surface area contributed by atoms with Gasteiger partial charge in [-0.05, 0) is 62.6 Å². The van der Waals surface area contributed by atoms with E-state index in [9.17, 15) is 0 Å². The number of rotatable bonds is 11. The first kappa shape index (κ1) is 19.7. The Kier molecular flexibility index (Phi) is 8.70. The zero-order valence-electron chi connectivity index (χ0n) is 15.3. The molecule has 128 valence electrons. The van der Waals surface area contributed by atoms with Crippen molar-refractivity contribution in [3.63, 3.8) is 0 Å². The average Bonchev–Trinajstić information content (AvgIpc) is 2.55. The Morgan fingerprint density at radius 3 is 2.32 bits per heavy atom. The van der Waals surface area contributed by atoms with Gasteiger partial charge in [-0.1, -0.05) is 45.8 Å². The molecule has 2 atom stereocenters. The van der Waals surface area contributed by atoms with Crippen LogP contribution in [0.5, 0.6) is 0 Å². The van der Waals surface area contributed by atoms with Gasteiger partial charge in [0.25, 0.3) is 0 Å². The van der Waals surface area contributed by atoms with Crippen LogP contribution in [0, 0.1) is 5.92 Å². The minimum absolute atomic E-state index is 0.0927. The van der Waals surface area contributed by atoms with Gasteiger partial charge in [-0.25, -0.2) is 0 Å². The Bertz CT molecular complexity index is 326. The SMILES string of the molecule is C=CCCC[C@@H]1CCCC[C@@]1(CC=C)O[Si](CC)(CC)CC. The smallest absolute Gasteiger partial charge is 0.192 e. The lowest BCUT2D eigenvalue weighted by molar-refractivity contribution is -0.0355. The second-order valence-electron chi connectivity index (χ2n) is 7.07. The van der Waals surface area contributed by atoms with E-state index in [4.69, 9.17) is 4.43 Å². The topological polar surface area (TPSA) is 9.23 Å². The van der Waals surface area contributed by atoms with Crippen molar-refractivity contribution in [2.45, 2.75) is 95.9 Å². The highest BCUT2D eigenvalue weighted by Gasteiger charge is 2.45. The highest BCUT2D eigenvalue weighted by molar-refractivity contribution is 6.73. The molecule has 0 saturated heterocycles. The molecule has 0 radical (unpaired) electrons. The van der Waals surface area contributed by atoms with E-state index < -0.39 is 8.32 Å². The summed E-state index contributed by atoms with van der Waals surface area (Å²) in [6.07, 6.45) is 14.2. The van der Waals surface area contributed by atoms with Gasteiger partial charge in [-0.3, -0.25) is 0 Å². The van der Waals surface area contributed by atoms with Crippen molar-refractivity contribution in [3.8, 4) is 0 Å². The van der Waals surface area contributed by atoms with E-state index in [2.05, 4.69) is 46.1 Å². The molecular weight excluding hydrogens is 284 g/mol. The molecule has 0 amide bonds. The quantitative estimate of drug-likeness (QED) is 0.229. The second-order valence-corrected chi connectivity index (χ2v) is 11.8. The molecule has 22 heavy (non-hydrogen) atoms. The molecule has 0 aromatic carbocycles. The van der Waals surface area contributed by atoms with Gasteiger partial charge in [0.1, 0.15) is 0 Å². The number of unbranched alkanes of at least 4 members (excludes halogenated alkanes) is 1. The van der Waals surface area contributed by atoms with Crippen molar-refractivity contribution in [2.75, 3.05) is 0 Å². The molecular formula is C20H38OSi. The minimum atomic E-state index is -1.57. The fourth-order valence-corrected chi connectivity index (χ4v) is 7.43. The van der Waals surface area contributed by atoms with E-state index in [0.29, 0.717) is 0 Å². The van der Waals surface area contributed by atoms with Crippen molar-refractivity contribution >= 4 is 8.32 Å². The summed E-state index contributed by atoms with van der Waals surface area (Å²) in [5.41, 5.74) is 0.0927. The maximum Gasteiger partial charge on any atom is 0.192 e. The first-order chi connectivity index (χ1) is 10.6. The second kappa shape index (κ2) is 9.72. The minimum Gasteiger partial charge on any atom is -0.411 e. The molecule has 1 aliphatic carbocycles. The first-order valence-electron chi connectivity index (χ1n) is 9.54. The Morgan fingerprint density at radius 1 is 1.09 bits per heavy atom. The maximum absolute atomic E-state index is 7.14. The first-order valence-corrected chi connectivity index (χ1v) is 12.1. The lowest BCUT2D eigenvalue weighted by atomic mass is 9.71. The molecule has 1 saturated carbocycles. The molecule has 1 aliphatic rings. The Balaban J connectivity index is 2.96. The summed E-state index contributed by atoms with van der Waals surface area (Å²) in [5, 5.41) is 0. The Hall–Kier alpha value is -0.343. The number of allylic oxidation sites excluding steroid dienone is 1. The molecule has 1 fully saturated rings. The molecule has 0 heterocycles. The fourth-order valence-electron chi connectivity index (χ4n) is 4.28. The van der Waals surface area contributed by atoms with Crippen LogP contribution in [0.4, 0.5) is 0 Å². The number of hydrogen-bond donors (Lipinski definition) is 0. The van der Waals surface area contributed by atoms with Gasteiger partial charge in [-0.2, -0.15) is 0 Å². The maximum atomic E-state index is 7.14. The van der Waals surface area contributed by atoms with E-state index in [-0.39, 0.29) is 5.60 Å². The zero-order chi connectivity index (χ0) is 16.5. The highest BCUT2D eigenvalue weighted by Crippen LogP contribution is 2.45. The predicted molar refractivity (Wildman–Crippen MR) is 102 cm³/mol. The summed E-state index contributed by atoms with van der Waals surface area (Å²) in [6.45, 7) is 15.0. The lowest BCUT2D eigenvalue weighted by Gasteiger charge is -2.49. The van der Waals surface area contributed by atoms with Gasteiger partial charge in [0.05, 0.1) is 5.60 Å². The van der Waals surface area contributed by atoms with E-state index in [1.165, 1.54) is 56.7 Å². The summed E-state index contributed by atoms with van der Waals surface area (Å²) in [4.78, 5) is 0. The molecule has 0 aromatic heterocycles. The Morgan fingerprint density at radius 2 is 1.77 bits per heavy atom. The van der Waals surface area contributed by atoms with E-state index >= 15 is 0 Å². The molecule has 2 heteroatoms. The average molecular weight is 323 g/mol. The van der Waals surface area contributed by atoms with Crippen molar-refractivity contribution < 1.29 is 4.43 Å². The lowest BCUT2D eigenvalue weighted by Crippen LogP contribution is -2.52. The largest absolute Gasteiger partial charge is 0.411 e. The normalized spacial score (nSPS) is 25.9. The third-order valence-electron chi connectivity index (χ3n) is 5.95. The summed E-state index contributed by atoms with van der Waals surface area (Å²) in [5.74, 6) is 0.718. The molecule has 1 rings (SSSR count). The van der Waals surface area contributed by atoms with Gasteiger partial charge >= 0.3 is 0 Å². The monoisotopic (exact) mass is 322 g/mol. The van der Waals surface area contributed by atoms with Crippen LogP contribution < -0.4 is 0 Å². The third-order valence-corrected chi connectivity index (χ3v) is 10.7. The molecule has 0 unspecified atom stereocenters. The third kappa shape index (κ3) is 4.83. The summed E-state index contributed by atoms with van der Waals surface area (Å²) < 4.78 is 7.14. The zero-order valence-corrected chi connectivity index (χ0v) is 16.3. The van der Waals surface area contributed by atoms with Gasteiger partial charge in [0, 0.05) is 0 Å². The summed E-state index contributed by atoms with van der Waals surface area (Å²) in [7, 11) is -1.57. The van der Waals surface area contributed by atoms with Crippen molar-refractivity contribution in [1.29, 1.82) is 0 Å². The molecule has 0 spiro atoms. The highest BCUT2D eigenvalue weighted by atomic mass is 28.4. The van der Waals surface area contributed by atoms with Crippen LogP contribution in [-0.4, -0.2) is 13.9 Å². The van der Waals surface area contributed by atoms with Crippen molar-refractivity contribution in [2.24, 2.45) is 5.92 Å². The van der Waals surface area contributed by atoms with Gasteiger partial charge in [0.15, 0.2) is 8.32 Å². The van der Waals surface area contributed by atoms with Crippen LogP contribution in [0.2, 0.25) is 18.1 Å².